The number of amides is 1. The zero-order valence-electron chi connectivity index (χ0n) is 18.9. The second-order valence-electron chi connectivity index (χ2n) is 8.90. The fourth-order valence-corrected chi connectivity index (χ4v) is 4.91. The van der Waals surface area contributed by atoms with Gasteiger partial charge in [0.1, 0.15) is 12.4 Å². The molecule has 1 aliphatic heterocycles. The van der Waals surface area contributed by atoms with Crippen LogP contribution < -0.4 is 4.74 Å². The average Bonchev–Trinajstić information content (AvgIpc) is 3.49. The maximum Gasteiger partial charge on any atom is 0.258 e. The summed E-state index contributed by atoms with van der Waals surface area (Å²) in [6.45, 7) is 1.81. The molecule has 1 aromatic heterocycles. The van der Waals surface area contributed by atoms with Crippen molar-refractivity contribution in [1.82, 2.24) is 19.9 Å². The molecule has 2 atom stereocenters. The third kappa shape index (κ3) is 4.12. The van der Waals surface area contributed by atoms with Gasteiger partial charge in [-0.25, -0.2) is 0 Å². The van der Waals surface area contributed by atoms with Gasteiger partial charge in [-0.15, -0.1) is 0 Å². The number of likely N-dealkylation sites (tertiary alicyclic amines) is 1. The van der Waals surface area contributed by atoms with Crippen molar-refractivity contribution in [2.45, 2.75) is 18.9 Å². The number of aliphatic hydroxyl groups excluding tert-OH is 1. The summed E-state index contributed by atoms with van der Waals surface area (Å²) in [5.41, 5.74) is 4.07. The summed E-state index contributed by atoms with van der Waals surface area (Å²) in [6.07, 6.45) is 1.31. The van der Waals surface area contributed by atoms with Crippen LogP contribution in [0.2, 0.25) is 0 Å². The molecule has 0 radical (unpaired) electrons. The van der Waals surface area contributed by atoms with Crippen molar-refractivity contribution >= 4 is 5.91 Å². The Morgan fingerprint density at radius 1 is 1.18 bits per heavy atom. The zero-order chi connectivity index (χ0) is 22.9. The van der Waals surface area contributed by atoms with E-state index in [1.807, 2.05) is 55.4 Å². The maximum atomic E-state index is 12.4. The number of likely N-dealkylation sites (N-methyl/N-ethyl adjacent to an activating group) is 1. The summed E-state index contributed by atoms with van der Waals surface area (Å²) in [5.74, 6) is 2.15. The highest BCUT2D eigenvalue weighted by Gasteiger charge is 2.46. The highest BCUT2D eigenvalue weighted by molar-refractivity contribution is 5.81. The van der Waals surface area contributed by atoms with Crippen molar-refractivity contribution in [1.29, 1.82) is 0 Å². The Morgan fingerprint density at radius 3 is 2.76 bits per heavy atom. The van der Waals surface area contributed by atoms with Gasteiger partial charge in [-0.05, 0) is 61.8 Å². The Labute approximate surface area is 192 Å². The fraction of sp³-hybridized carbons (Fsp3) is 0.400. The molecular weight excluding hydrogens is 420 g/mol. The van der Waals surface area contributed by atoms with Gasteiger partial charge >= 0.3 is 0 Å². The second-order valence-corrected chi connectivity index (χ2v) is 8.90. The van der Waals surface area contributed by atoms with Gasteiger partial charge in [-0.1, -0.05) is 23.4 Å². The number of benzene rings is 2. The van der Waals surface area contributed by atoms with Crippen LogP contribution in [0.3, 0.4) is 0 Å². The van der Waals surface area contributed by atoms with Crippen molar-refractivity contribution in [3.63, 3.8) is 0 Å². The molecule has 2 aromatic carbocycles. The van der Waals surface area contributed by atoms with Crippen LogP contribution in [0.25, 0.3) is 22.8 Å². The molecule has 0 spiro atoms. The Balaban J connectivity index is 1.36. The first-order valence-electron chi connectivity index (χ1n) is 11.3. The summed E-state index contributed by atoms with van der Waals surface area (Å²) in [5, 5.41) is 13.7. The van der Waals surface area contributed by atoms with Crippen LogP contribution in [0, 0.1) is 5.92 Å². The van der Waals surface area contributed by atoms with Crippen molar-refractivity contribution in [3.8, 4) is 28.6 Å². The number of carbonyl (C=O) groups excluding carboxylic acids is 1. The maximum absolute atomic E-state index is 12.4. The highest BCUT2D eigenvalue weighted by Crippen LogP contribution is 2.49. The molecule has 172 valence electrons. The number of β-amino-alcohol motifs (C(OH)–C–C–N with tert-alkyl or cyclic N) is 1. The number of ether oxygens (including phenoxy) is 1. The molecular formula is C25H28N4O4. The van der Waals surface area contributed by atoms with Crippen molar-refractivity contribution in [2.75, 3.05) is 40.4 Å². The summed E-state index contributed by atoms with van der Waals surface area (Å²) >= 11 is 0. The Morgan fingerprint density at radius 2 is 2.00 bits per heavy atom. The van der Waals surface area contributed by atoms with Crippen LogP contribution in [-0.4, -0.2) is 71.4 Å². The van der Waals surface area contributed by atoms with Gasteiger partial charge in [0.2, 0.25) is 11.7 Å². The molecule has 5 rings (SSSR count). The summed E-state index contributed by atoms with van der Waals surface area (Å²) < 4.78 is 11.3. The lowest BCUT2D eigenvalue weighted by atomic mass is 10.0. The number of hydrogen-bond donors (Lipinski definition) is 1. The van der Waals surface area contributed by atoms with Gasteiger partial charge in [0, 0.05) is 30.6 Å². The highest BCUT2D eigenvalue weighted by atomic mass is 16.5. The van der Waals surface area contributed by atoms with Gasteiger partial charge < -0.3 is 24.2 Å². The predicted octanol–water partition coefficient (Wildman–Crippen LogP) is 2.78. The number of nitrogens with zero attached hydrogens (tertiary/aromatic N) is 4. The van der Waals surface area contributed by atoms with Gasteiger partial charge in [0.15, 0.2) is 0 Å². The number of aromatic nitrogens is 2. The third-order valence-electron chi connectivity index (χ3n) is 6.45. The fourth-order valence-electron chi connectivity index (χ4n) is 4.91. The molecule has 2 unspecified atom stereocenters. The van der Waals surface area contributed by atoms with E-state index >= 15 is 0 Å². The lowest BCUT2D eigenvalue weighted by Gasteiger charge is -2.24. The molecule has 33 heavy (non-hydrogen) atoms. The molecule has 1 N–H and O–H groups in total. The first-order valence-corrected chi connectivity index (χ1v) is 11.3. The number of hydrogen-bond acceptors (Lipinski definition) is 7. The van der Waals surface area contributed by atoms with E-state index in [1.54, 1.807) is 0 Å². The molecule has 1 amide bonds. The van der Waals surface area contributed by atoms with E-state index in [2.05, 4.69) is 21.1 Å². The van der Waals surface area contributed by atoms with E-state index in [1.165, 1.54) is 5.56 Å². The first kappa shape index (κ1) is 21.6. The molecule has 1 fully saturated rings. The minimum Gasteiger partial charge on any atom is -0.492 e. The number of aliphatic hydroxyl groups is 1. The molecule has 1 saturated heterocycles. The first-order chi connectivity index (χ1) is 16.0. The van der Waals surface area contributed by atoms with E-state index < -0.39 is 0 Å². The zero-order valence-corrected chi connectivity index (χ0v) is 18.9. The Kier molecular flexibility index (Phi) is 5.86. The van der Waals surface area contributed by atoms with Crippen LogP contribution in [0.5, 0.6) is 5.75 Å². The molecule has 8 heteroatoms. The predicted molar refractivity (Wildman–Crippen MR) is 123 cm³/mol. The largest absolute Gasteiger partial charge is 0.492 e. The quantitative estimate of drug-likeness (QED) is 0.567. The summed E-state index contributed by atoms with van der Waals surface area (Å²) in [6, 6.07) is 13.7. The van der Waals surface area contributed by atoms with Crippen LogP contribution in [0.4, 0.5) is 0 Å². The summed E-state index contributed by atoms with van der Waals surface area (Å²) in [7, 11) is 4.03. The lowest BCUT2D eigenvalue weighted by molar-refractivity contribution is -0.129. The number of rotatable bonds is 8. The van der Waals surface area contributed by atoms with Crippen molar-refractivity contribution in [2.24, 2.45) is 5.92 Å². The van der Waals surface area contributed by atoms with Crippen LogP contribution in [0.1, 0.15) is 23.6 Å². The van der Waals surface area contributed by atoms with Gasteiger partial charge in [0.05, 0.1) is 12.6 Å². The van der Waals surface area contributed by atoms with Crippen molar-refractivity contribution < 1.29 is 19.2 Å². The van der Waals surface area contributed by atoms with E-state index in [-0.39, 0.29) is 24.5 Å². The molecule has 3 aromatic rings. The van der Waals surface area contributed by atoms with E-state index in [9.17, 15) is 9.90 Å². The SMILES string of the molecule is CN(C)CCOc1ccc(-c2nc(-c3cccc4c3CC3CC(=O)N(CCO)C43)no2)cc1. The minimum atomic E-state index is -0.0301. The van der Waals surface area contributed by atoms with Crippen molar-refractivity contribution in [3.05, 3.63) is 53.6 Å². The molecule has 0 saturated carbocycles. The molecule has 1 aliphatic carbocycles. The van der Waals surface area contributed by atoms with Crippen LogP contribution in [-0.2, 0) is 11.2 Å². The number of fused-ring (bicyclic) bond motifs is 3. The smallest absolute Gasteiger partial charge is 0.258 e. The Bertz CT molecular complexity index is 1140. The second kappa shape index (κ2) is 8.96. The van der Waals surface area contributed by atoms with Gasteiger partial charge in [-0.3, -0.25) is 4.79 Å². The van der Waals surface area contributed by atoms with E-state index in [0.29, 0.717) is 31.3 Å². The average molecular weight is 449 g/mol. The lowest BCUT2D eigenvalue weighted by Crippen LogP contribution is -2.30. The van der Waals surface area contributed by atoms with Crippen LogP contribution in [0.15, 0.2) is 47.0 Å². The molecule has 8 nitrogen and oxygen atoms in total. The standard InChI is InChI=1S/C25H28N4O4/c1-28(2)11-13-32-18-8-6-16(7-9-18)25-26-24(27-33-25)20-5-3-4-19-21(20)14-17-15-22(31)29(10-12-30)23(17)19/h3-9,17,23,30H,10-15H2,1-2H3. The minimum absolute atomic E-state index is 0.0195. The molecule has 2 heterocycles. The van der Waals surface area contributed by atoms with Crippen LogP contribution >= 0.6 is 0 Å². The normalized spacial score (nSPS) is 19.3. The molecule has 2 aliphatic rings. The Hall–Kier alpha value is -3.23. The topological polar surface area (TPSA) is 91.9 Å². The number of carbonyl (C=O) groups is 1. The molecule has 0 bridgehead atoms. The third-order valence-corrected chi connectivity index (χ3v) is 6.45. The van der Waals surface area contributed by atoms with Gasteiger partial charge in [-0.2, -0.15) is 4.98 Å². The monoisotopic (exact) mass is 448 g/mol. The summed E-state index contributed by atoms with van der Waals surface area (Å²) in [4.78, 5) is 20.9. The van der Waals surface area contributed by atoms with E-state index in [4.69, 9.17) is 9.26 Å². The van der Waals surface area contributed by atoms with E-state index in [0.717, 1.165) is 35.4 Å². The van der Waals surface area contributed by atoms with Gasteiger partial charge in [0.25, 0.3) is 5.89 Å².